The number of rotatable bonds is 4. The second kappa shape index (κ2) is 8.52. The third-order valence-corrected chi connectivity index (χ3v) is 8.14. The molecule has 1 N–H and O–H groups in total. The van der Waals surface area contributed by atoms with Crippen LogP contribution in [0.15, 0.2) is 27.6 Å². The number of carbonyl (C=O) groups is 1. The number of sulfonamides is 1. The first-order valence-corrected chi connectivity index (χ1v) is 12.1. The third kappa shape index (κ3) is 4.38. The van der Waals surface area contributed by atoms with E-state index in [-0.39, 0.29) is 16.4 Å². The largest absolute Gasteiger partial charge is 0.350 e. The van der Waals surface area contributed by atoms with E-state index in [0.29, 0.717) is 30.2 Å². The van der Waals surface area contributed by atoms with Gasteiger partial charge in [0, 0.05) is 41.7 Å². The van der Waals surface area contributed by atoms with Gasteiger partial charge < -0.3 is 9.47 Å². The quantitative estimate of drug-likeness (QED) is 0.696. The predicted octanol–water partition coefficient (Wildman–Crippen LogP) is 4.53. The van der Waals surface area contributed by atoms with Gasteiger partial charge in [0.25, 0.3) is 15.9 Å². The lowest BCUT2D eigenvalue weighted by atomic mass is 10.2. The molecule has 1 aliphatic rings. The highest BCUT2D eigenvalue weighted by molar-refractivity contribution is 9.10. The molecular weight excluding hydrogens is 454 g/mol. The number of hydrogen-bond donors (Lipinski definition) is 1. The molecule has 0 aliphatic carbocycles. The van der Waals surface area contributed by atoms with Gasteiger partial charge in [0.1, 0.15) is 4.90 Å². The fourth-order valence-corrected chi connectivity index (χ4v) is 5.66. The van der Waals surface area contributed by atoms with E-state index in [2.05, 4.69) is 20.7 Å². The Kier molecular flexibility index (Phi) is 6.43. The molecule has 0 spiro atoms. The highest BCUT2D eigenvalue weighted by atomic mass is 79.9. The van der Waals surface area contributed by atoms with Crippen LogP contribution in [-0.2, 0) is 17.1 Å². The summed E-state index contributed by atoms with van der Waals surface area (Å²) in [5.41, 5.74) is 2.91. The molecule has 0 unspecified atom stereocenters. The van der Waals surface area contributed by atoms with Gasteiger partial charge in [0.05, 0.1) is 5.56 Å². The van der Waals surface area contributed by atoms with Crippen molar-refractivity contribution in [3.63, 3.8) is 0 Å². The Bertz CT molecular complexity index is 1040. The van der Waals surface area contributed by atoms with E-state index >= 15 is 0 Å². The first kappa shape index (κ1) is 21.9. The lowest BCUT2D eigenvalue weighted by Crippen LogP contribution is -2.33. The van der Waals surface area contributed by atoms with Gasteiger partial charge in [0.15, 0.2) is 0 Å². The molecule has 0 saturated carbocycles. The zero-order chi connectivity index (χ0) is 21.3. The van der Waals surface area contributed by atoms with Crippen molar-refractivity contribution in [1.29, 1.82) is 0 Å². The number of nitrogens with one attached hydrogen (secondary N) is 1. The van der Waals surface area contributed by atoms with Gasteiger partial charge in [-0.1, -0.05) is 28.8 Å². The van der Waals surface area contributed by atoms with E-state index in [4.69, 9.17) is 0 Å². The number of hydrogen-bond acceptors (Lipinski definition) is 3. The molecule has 8 heteroatoms. The summed E-state index contributed by atoms with van der Waals surface area (Å²) in [4.78, 5) is 15.3. The van der Waals surface area contributed by atoms with E-state index in [1.165, 1.54) is 0 Å². The normalized spacial score (nSPS) is 15.3. The van der Waals surface area contributed by atoms with E-state index in [9.17, 15) is 13.2 Å². The summed E-state index contributed by atoms with van der Waals surface area (Å²) in [6.45, 7) is 6.79. The topological polar surface area (TPSA) is 71.4 Å². The van der Waals surface area contributed by atoms with Gasteiger partial charge >= 0.3 is 0 Å². The number of aromatic nitrogens is 1. The highest BCUT2D eigenvalue weighted by Crippen LogP contribution is 2.30. The lowest BCUT2D eigenvalue weighted by Gasteiger charge is -2.21. The van der Waals surface area contributed by atoms with E-state index in [1.807, 2.05) is 6.92 Å². The summed E-state index contributed by atoms with van der Waals surface area (Å²) in [5, 5.41) is 0. The molecule has 3 rings (SSSR count). The van der Waals surface area contributed by atoms with Crippen molar-refractivity contribution >= 4 is 37.5 Å². The maximum absolute atomic E-state index is 13.4. The molecule has 0 radical (unpaired) electrons. The Morgan fingerprint density at radius 2 is 1.66 bits per heavy atom. The highest BCUT2D eigenvalue weighted by Gasteiger charge is 2.33. The minimum Gasteiger partial charge on any atom is -0.350 e. The van der Waals surface area contributed by atoms with Gasteiger partial charge in [-0.25, -0.2) is 8.42 Å². The Hall–Kier alpha value is -1.80. The first-order valence-electron chi connectivity index (χ1n) is 9.87. The Labute approximate surface area is 181 Å². The number of aryl methyl sites for hydroxylation is 1. The predicted molar refractivity (Wildman–Crippen MR) is 119 cm³/mol. The van der Waals surface area contributed by atoms with Crippen molar-refractivity contribution in [3.8, 4) is 0 Å². The molecule has 2 aromatic rings. The van der Waals surface area contributed by atoms with Crippen LogP contribution in [0.2, 0.25) is 0 Å². The molecule has 0 bridgehead atoms. The summed E-state index contributed by atoms with van der Waals surface area (Å²) in [7, 11) is -2.13. The minimum absolute atomic E-state index is 0.0762. The van der Waals surface area contributed by atoms with Crippen LogP contribution in [0, 0.1) is 20.8 Å². The Morgan fingerprint density at radius 1 is 1.03 bits per heavy atom. The number of benzene rings is 1. The number of nitrogens with zero attached hydrogens (tertiary/aromatic N) is 2. The van der Waals surface area contributed by atoms with Crippen molar-refractivity contribution in [2.75, 3.05) is 17.8 Å². The molecule has 1 fully saturated rings. The second-order valence-electron chi connectivity index (χ2n) is 7.71. The fraction of sp³-hybridized carbons (Fsp3) is 0.476. The average Bonchev–Trinajstić information content (AvgIpc) is 2.87. The van der Waals surface area contributed by atoms with Gasteiger partial charge in [-0.3, -0.25) is 9.52 Å². The molecule has 2 heterocycles. The fourth-order valence-electron chi connectivity index (χ4n) is 3.84. The van der Waals surface area contributed by atoms with E-state index in [1.54, 1.807) is 48.6 Å². The molecule has 29 heavy (non-hydrogen) atoms. The van der Waals surface area contributed by atoms with Crippen LogP contribution in [0.1, 0.15) is 53.0 Å². The van der Waals surface area contributed by atoms with Crippen molar-refractivity contribution in [2.24, 2.45) is 7.05 Å². The lowest BCUT2D eigenvalue weighted by molar-refractivity contribution is 0.0757. The van der Waals surface area contributed by atoms with Crippen LogP contribution in [-0.4, -0.2) is 36.9 Å². The van der Waals surface area contributed by atoms with Crippen molar-refractivity contribution < 1.29 is 13.2 Å². The molecule has 1 aliphatic heterocycles. The molecule has 1 aromatic heterocycles. The number of carbonyl (C=O) groups excluding carboxylic acids is 1. The minimum atomic E-state index is -3.93. The van der Waals surface area contributed by atoms with Crippen LogP contribution in [0.5, 0.6) is 0 Å². The number of halogens is 1. The second-order valence-corrected chi connectivity index (χ2v) is 10.2. The smallest absolute Gasteiger partial charge is 0.264 e. The molecule has 1 amide bonds. The number of anilines is 1. The molecular formula is C21H28BrN3O3S. The van der Waals surface area contributed by atoms with Crippen LogP contribution in [0.3, 0.4) is 0 Å². The Morgan fingerprint density at radius 3 is 2.24 bits per heavy atom. The van der Waals surface area contributed by atoms with Crippen LogP contribution in [0.25, 0.3) is 0 Å². The summed E-state index contributed by atoms with van der Waals surface area (Å²) in [5.74, 6) is -0.194. The van der Waals surface area contributed by atoms with Gasteiger partial charge in [-0.05, 0) is 57.4 Å². The van der Waals surface area contributed by atoms with Gasteiger partial charge in [-0.2, -0.15) is 0 Å². The van der Waals surface area contributed by atoms with Gasteiger partial charge in [0.2, 0.25) is 0 Å². The standard InChI is InChI=1S/C21H28BrN3O3S/c1-14-13-17(9-10-18(14)22)23-29(27,28)20-16(3)24(4)15(2)19(20)21(26)25-11-7-5-6-8-12-25/h9-10,13,23H,5-8,11-12H2,1-4H3. The van der Waals surface area contributed by atoms with Crippen LogP contribution in [0.4, 0.5) is 5.69 Å². The molecule has 0 atom stereocenters. The summed E-state index contributed by atoms with van der Waals surface area (Å²) >= 11 is 3.43. The monoisotopic (exact) mass is 481 g/mol. The van der Waals surface area contributed by atoms with E-state index < -0.39 is 10.0 Å². The Balaban J connectivity index is 2.04. The maximum Gasteiger partial charge on any atom is 0.264 e. The van der Waals surface area contributed by atoms with Crippen molar-refractivity contribution in [3.05, 3.63) is 45.2 Å². The summed E-state index contributed by atoms with van der Waals surface area (Å²) in [6.07, 6.45) is 4.11. The van der Waals surface area contributed by atoms with Crippen LogP contribution >= 0.6 is 15.9 Å². The maximum atomic E-state index is 13.4. The van der Waals surface area contributed by atoms with E-state index in [0.717, 1.165) is 35.7 Å². The molecule has 1 saturated heterocycles. The van der Waals surface area contributed by atoms with Crippen LogP contribution < -0.4 is 4.72 Å². The summed E-state index contributed by atoms with van der Waals surface area (Å²) in [6, 6.07) is 5.28. The zero-order valence-corrected chi connectivity index (χ0v) is 19.8. The number of amides is 1. The average molecular weight is 482 g/mol. The summed E-state index contributed by atoms with van der Waals surface area (Å²) < 4.78 is 32.1. The zero-order valence-electron chi connectivity index (χ0n) is 17.4. The third-order valence-electron chi connectivity index (χ3n) is 5.71. The molecule has 6 nitrogen and oxygen atoms in total. The number of likely N-dealkylation sites (tertiary alicyclic amines) is 1. The van der Waals surface area contributed by atoms with Crippen molar-refractivity contribution in [2.45, 2.75) is 51.3 Å². The van der Waals surface area contributed by atoms with Crippen molar-refractivity contribution in [1.82, 2.24) is 9.47 Å². The van der Waals surface area contributed by atoms with Gasteiger partial charge in [-0.15, -0.1) is 0 Å². The molecule has 1 aromatic carbocycles. The molecule has 158 valence electrons. The first-order chi connectivity index (χ1) is 13.6. The SMILES string of the molecule is Cc1cc(NS(=O)(=O)c2c(C(=O)N3CCCCCC3)c(C)n(C)c2C)ccc1Br.